The predicted molar refractivity (Wildman–Crippen MR) is 50.0 cm³/mol. The van der Waals surface area contributed by atoms with Crippen molar-refractivity contribution in [2.45, 2.75) is 23.8 Å². The average molecular weight is 186 g/mol. The normalized spacial score (nSPS) is 13.2. The lowest BCUT2D eigenvalue weighted by atomic mass is 10.3. The molecule has 0 amide bonds. The largest absolute Gasteiger partial charge is 0.330 e. The van der Waals surface area contributed by atoms with Crippen LogP contribution in [0, 0.1) is 0 Å². The second-order valence-corrected chi connectivity index (χ2v) is 4.14. The molecule has 68 valence electrons. The average Bonchev–Trinajstić information content (AvgIpc) is 2.37. The van der Waals surface area contributed by atoms with Crippen LogP contribution in [0.1, 0.15) is 13.3 Å². The van der Waals surface area contributed by atoms with E-state index in [1.165, 1.54) is 0 Å². The Bertz CT molecular complexity index is 235. The van der Waals surface area contributed by atoms with Crippen LogP contribution in [0.4, 0.5) is 0 Å². The molecule has 1 rings (SSSR count). The van der Waals surface area contributed by atoms with E-state index in [0.717, 1.165) is 18.1 Å². The van der Waals surface area contributed by atoms with E-state index in [-0.39, 0.29) is 0 Å². The van der Waals surface area contributed by atoms with Gasteiger partial charge in [0.1, 0.15) is 6.33 Å². The fourth-order valence-electron chi connectivity index (χ4n) is 0.853. The molecular formula is C7H14N4S. The van der Waals surface area contributed by atoms with Crippen LogP contribution in [0.15, 0.2) is 11.5 Å². The number of hydrogen-bond acceptors (Lipinski definition) is 4. The van der Waals surface area contributed by atoms with E-state index in [4.69, 9.17) is 5.73 Å². The molecule has 0 aliphatic rings. The van der Waals surface area contributed by atoms with Crippen molar-refractivity contribution in [3.05, 3.63) is 6.33 Å². The Morgan fingerprint density at radius 3 is 3.00 bits per heavy atom. The number of rotatable bonds is 4. The molecule has 1 aromatic heterocycles. The lowest BCUT2D eigenvalue weighted by Gasteiger charge is -2.07. The van der Waals surface area contributed by atoms with Crippen molar-refractivity contribution in [3.63, 3.8) is 0 Å². The first kappa shape index (κ1) is 9.54. The first-order valence-electron chi connectivity index (χ1n) is 3.94. The monoisotopic (exact) mass is 186 g/mol. The van der Waals surface area contributed by atoms with Gasteiger partial charge in [-0.2, -0.15) is 0 Å². The highest BCUT2D eigenvalue weighted by Gasteiger charge is 2.07. The molecule has 5 heteroatoms. The molecule has 0 spiro atoms. The first-order chi connectivity index (χ1) is 5.74. The van der Waals surface area contributed by atoms with Gasteiger partial charge < -0.3 is 10.3 Å². The van der Waals surface area contributed by atoms with E-state index in [2.05, 4.69) is 17.1 Å². The van der Waals surface area contributed by atoms with E-state index >= 15 is 0 Å². The molecule has 0 saturated heterocycles. The topological polar surface area (TPSA) is 56.7 Å². The minimum atomic E-state index is 0.512. The number of nitrogens with zero attached hydrogens (tertiary/aromatic N) is 3. The summed E-state index contributed by atoms with van der Waals surface area (Å²) in [6.07, 6.45) is 2.72. The van der Waals surface area contributed by atoms with Gasteiger partial charge in [0, 0.05) is 12.3 Å². The molecule has 0 saturated carbocycles. The van der Waals surface area contributed by atoms with Gasteiger partial charge >= 0.3 is 0 Å². The molecule has 0 bridgehead atoms. The van der Waals surface area contributed by atoms with E-state index < -0.39 is 0 Å². The summed E-state index contributed by atoms with van der Waals surface area (Å²) in [4.78, 5) is 0. The summed E-state index contributed by atoms with van der Waals surface area (Å²) in [7, 11) is 1.94. The van der Waals surface area contributed by atoms with Crippen molar-refractivity contribution < 1.29 is 0 Å². The Balaban J connectivity index is 2.46. The Hall–Kier alpha value is -0.550. The summed E-state index contributed by atoms with van der Waals surface area (Å²) < 4.78 is 1.91. The number of aromatic nitrogens is 3. The van der Waals surface area contributed by atoms with Crippen molar-refractivity contribution in [1.82, 2.24) is 14.8 Å². The predicted octanol–water partition coefficient (Wildman–Crippen LogP) is 0.644. The molecule has 0 aliphatic heterocycles. The number of hydrogen-bond donors (Lipinski definition) is 1. The molecule has 2 N–H and O–H groups in total. The minimum Gasteiger partial charge on any atom is -0.330 e. The van der Waals surface area contributed by atoms with Crippen molar-refractivity contribution in [1.29, 1.82) is 0 Å². The Morgan fingerprint density at radius 1 is 1.75 bits per heavy atom. The van der Waals surface area contributed by atoms with E-state index in [9.17, 15) is 0 Å². The zero-order valence-corrected chi connectivity index (χ0v) is 8.21. The van der Waals surface area contributed by atoms with Crippen LogP contribution in [0.5, 0.6) is 0 Å². The molecule has 1 atom stereocenters. The van der Waals surface area contributed by atoms with Gasteiger partial charge in [-0.25, -0.2) is 0 Å². The van der Waals surface area contributed by atoms with Gasteiger partial charge in [0.25, 0.3) is 0 Å². The standard InChI is InChI=1S/C7H14N4S/c1-6(3-4-8)12-7-10-9-5-11(7)2/h5-6H,3-4,8H2,1-2H3. The zero-order valence-electron chi connectivity index (χ0n) is 7.40. The van der Waals surface area contributed by atoms with E-state index in [1.54, 1.807) is 18.1 Å². The van der Waals surface area contributed by atoms with Crippen LogP contribution < -0.4 is 5.73 Å². The molecule has 1 aromatic rings. The lowest BCUT2D eigenvalue weighted by Crippen LogP contribution is -2.07. The van der Waals surface area contributed by atoms with Crippen LogP contribution in [0.3, 0.4) is 0 Å². The van der Waals surface area contributed by atoms with Crippen LogP contribution in [-0.2, 0) is 7.05 Å². The summed E-state index contributed by atoms with van der Waals surface area (Å²) in [6.45, 7) is 2.87. The van der Waals surface area contributed by atoms with Crippen molar-refractivity contribution in [2.75, 3.05) is 6.54 Å². The molecule has 0 aliphatic carbocycles. The maximum Gasteiger partial charge on any atom is 0.190 e. The van der Waals surface area contributed by atoms with Gasteiger partial charge in [0.15, 0.2) is 5.16 Å². The second kappa shape index (κ2) is 4.47. The molecular weight excluding hydrogens is 172 g/mol. The van der Waals surface area contributed by atoms with Crippen LogP contribution in [-0.4, -0.2) is 26.6 Å². The zero-order chi connectivity index (χ0) is 8.97. The first-order valence-corrected chi connectivity index (χ1v) is 4.82. The minimum absolute atomic E-state index is 0.512. The summed E-state index contributed by atoms with van der Waals surface area (Å²) in [6, 6.07) is 0. The summed E-state index contributed by atoms with van der Waals surface area (Å²) in [5, 5.41) is 9.24. The van der Waals surface area contributed by atoms with Crippen molar-refractivity contribution >= 4 is 11.8 Å². The fourth-order valence-corrected chi connectivity index (χ4v) is 1.77. The molecule has 0 aromatic carbocycles. The smallest absolute Gasteiger partial charge is 0.190 e. The summed E-state index contributed by atoms with van der Waals surface area (Å²) in [5.41, 5.74) is 5.44. The Morgan fingerprint density at radius 2 is 2.50 bits per heavy atom. The van der Waals surface area contributed by atoms with Gasteiger partial charge in [0.05, 0.1) is 0 Å². The highest BCUT2D eigenvalue weighted by atomic mass is 32.2. The highest BCUT2D eigenvalue weighted by Crippen LogP contribution is 2.21. The van der Waals surface area contributed by atoms with Crippen LogP contribution in [0.25, 0.3) is 0 Å². The summed E-state index contributed by atoms with van der Waals surface area (Å²) in [5.74, 6) is 0. The van der Waals surface area contributed by atoms with Gasteiger partial charge in [-0.05, 0) is 13.0 Å². The third-order valence-corrected chi connectivity index (χ3v) is 2.77. The molecule has 0 radical (unpaired) electrons. The molecule has 0 fully saturated rings. The lowest BCUT2D eigenvalue weighted by molar-refractivity contribution is 0.770. The maximum atomic E-state index is 5.44. The van der Waals surface area contributed by atoms with Crippen LogP contribution in [0.2, 0.25) is 0 Å². The van der Waals surface area contributed by atoms with E-state index in [1.807, 2.05) is 11.6 Å². The SMILES string of the molecule is CC(CCN)Sc1nncn1C. The van der Waals surface area contributed by atoms with Gasteiger partial charge in [-0.15, -0.1) is 10.2 Å². The number of aryl methyl sites for hydroxylation is 1. The molecule has 1 heterocycles. The number of nitrogens with two attached hydrogens (primary N) is 1. The van der Waals surface area contributed by atoms with E-state index in [0.29, 0.717) is 5.25 Å². The Labute approximate surface area is 76.5 Å². The molecule has 12 heavy (non-hydrogen) atoms. The number of thioether (sulfide) groups is 1. The molecule has 4 nitrogen and oxygen atoms in total. The van der Waals surface area contributed by atoms with Gasteiger partial charge in [0.2, 0.25) is 0 Å². The fraction of sp³-hybridized carbons (Fsp3) is 0.714. The van der Waals surface area contributed by atoms with Crippen molar-refractivity contribution in [2.24, 2.45) is 12.8 Å². The van der Waals surface area contributed by atoms with Crippen LogP contribution >= 0.6 is 11.8 Å². The second-order valence-electron chi connectivity index (χ2n) is 2.73. The third-order valence-electron chi connectivity index (χ3n) is 1.55. The van der Waals surface area contributed by atoms with Gasteiger partial charge in [-0.3, -0.25) is 0 Å². The highest BCUT2D eigenvalue weighted by molar-refractivity contribution is 7.99. The maximum absolute atomic E-state index is 5.44. The van der Waals surface area contributed by atoms with Gasteiger partial charge in [-0.1, -0.05) is 18.7 Å². The quantitative estimate of drug-likeness (QED) is 0.701. The van der Waals surface area contributed by atoms with Crippen molar-refractivity contribution in [3.8, 4) is 0 Å². The summed E-state index contributed by atoms with van der Waals surface area (Å²) >= 11 is 1.71. The Kier molecular flexibility index (Phi) is 3.55. The molecule has 1 unspecified atom stereocenters. The third kappa shape index (κ3) is 2.49.